The largest absolute Gasteiger partial charge is 0.392 e. The number of aliphatic hydroxyl groups excluding tert-OH is 2. The number of rotatable bonds is 9. The van der Waals surface area contributed by atoms with Crippen molar-refractivity contribution in [2.45, 2.75) is 38.6 Å². The molecule has 0 fully saturated rings. The summed E-state index contributed by atoms with van der Waals surface area (Å²) >= 11 is 0. The van der Waals surface area contributed by atoms with Gasteiger partial charge >= 0.3 is 0 Å². The van der Waals surface area contributed by atoms with E-state index in [1.807, 2.05) is 6.08 Å². The van der Waals surface area contributed by atoms with Gasteiger partial charge in [-0.3, -0.25) is 9.97 Å². The third-order valence-electron chi connectivity index (χ3n) is 3.49. The van der Waals surface area contributed by atoms with E-state index in [4.69, 9.17) is 10.2 Å². The second kappa shape index (κ2) is 12.1. The average molecular weight is 342 g/mol. The van der Waals surface area contributed by atoms with Crippen LogP contribution < -0.4 is 0 Å². The third-order valence-corrected chi connectivity index (χ3v) is 3.49. The number of aryl methyl sites for hydroxylation is 1. The molecule has 1 aromatic heterocycles. The molecule has 0 spiro atoms. The third kappa shape index (κ3) is 7.85. The number of unbranched alkanes of at least 4 members (excludes halogenated alkanes) is 1. The lowest BCUT2D eigenvalue weighted by molar-refractivity contribution is -0.0465. The van der Waals surface area contributed by atoms with Crippen molar-refractivity contribution in [2.75, 3.05) is 0 Å². The molecule has 0 aliphatic carbocycles. The first-order valence-electron chi connectivity index (χ1n) is 8.22. The van der Waals surface area contributed by atoms with Crippen LogP contribution in [0.1, 0.15) is 36.2 Å². The molecule has 0 saturated carbocycles. The van der Waals surface area contributed by atoms with Crippen molar-refractivity contribution >= 4 is 5.57 Å². The molecular weight excluding hydrogens is 316 g/mol. The fourth-order valence-corrected chi connectivity index (χ4v) is 2.22. The van der Waals surface area contributed by atoms with E-state index in [0.29, 0.717) is 25.0 Å². The summed E-state index contributed by atoms with van der Waals surface area (Å²) in [7, 11) is 0. The van der Waals surface area contributed by atoms with E-state index < -0.39 is 6.29 Å². The number of aliphatic hydroxyl groups is 3. The van der Waals surface area contributed by atoms with Crippen LogP contribution in [0, 0.1) is 0 Å². The summed E-state index contributed by atoms with van der Waals surface area (Å²) in [5.74, 6) is 0. The maximum Gasteiger partial charge on any atom is 0.151 e. The molecule has 1 rings (SSSR count). The van der Waals surface area contributed by atoms with Crippen LogP contribution in [0.15, 0.2) is 62.0 Å². The molecule has 134 valence electrons. The molecule has 0 unspecified atom stereocenters. The molecule has 0 atom stereocenters. The van der Waals surface area contributed by atoms with Gasteiger partial charge in [0.25, 0.3) is 0 Å². The topological polar surface area (TPSA) is 86.5 Å². The highest BCUT2D eigenvalue weighted by Crippen LogP contribution is 2.17. The average Bonchev–Trinajstić information content (AvgIpc) is 2.61. The van der Waals surface area contributed by atoms with Gasteiger partial charge in [0.1, 0.15) is 0 Å². The highest BCUT2D eigenvalue weighted by atomic mass is 16.5. The van der Waals surface area contributed by atoms with Gasteiger partial charge in [-0.15, -0.1) is 0 Å². The summed E-state index contributed by atoms with van der Waals surface area (Å²) in [6.07, 6.45) is 9.55. The van der Waals surface area contributed by atoms with Crippen molar-refractivity contribution in [1.82, 2.24) is 9.97 Å². The number of aromatic nitrogens is 2. The summed E-state index contributed by atoms with van der Waals surface area (Å²) in [6.45, 7) is 7.46. The summed E-state index contributed by atoms with van der Waals surface area (Å²) < 4.78 is 0. The summed E-state index contributed by atoms with van der Waals surface area (Å²) in [4.78, 5) is 9.00. The predicted octanol–water partition coefficient (Wildman–Crippen LogP) is 2.87. The Bertz CT molecular complexity index is 653. The monoisotopic (exact) mass is 342 g/mol. The Morgan fingerprint density at radius 3 is 2.56 bits per heavy atom. The Morgan fingerprint density at radius 1 is 1.12 bits per heavy atom. The van der Waals surface area contributed by atoms with Crippen LogP contribution in [-0.2, 0) is 13.0 Å². The molecule has 0 bridgehead atoms. The Kier molecular flexibility index (Phi) is 10.0. The quantitative estimate of drug-likeness (QED) is 0.365. The zero-order valence-corrected chi connectivity index (χ0v) is 14.4. The van der Waals surface area contributed by atoms with Crippen LogP contribution in [-0.4, -0.2) is 31.6 Å². The minimum atomic E-state index is -1.29. The van der Waals surface area contributed by atoms with Crippen molar-refractivity contribution in [3.05, 3.63) is 78.9 Å². The zero-order valence-electron chi connectivity index (χ0n) is 14.4. The van der Waals surface area contributed by atoms with Crippen LogP contribution in [0.2, 0.25) is 0 Å². The smallest absolute Gasteiger partial charge is 0.151 e. The van der Waals surface area contributed by atoms with Gasteiger partial charge in [-0.2, -0.15) is 0 Å². The van der Waals surface area contributed by atoms with Crippen LogP contribution >= 0.6 is 0 Å². The van der Waals surface area contributed by atoms with Crippen LogP contribution in [0.3, 0.4) is 0 Å². The second-order valence-electron chi connectivity index (χ2n) is 5.40. The van der Waals surface area contributed by atoms with E-state index >= 15 is 0 Å². The van der Waals surface area contributed by atoms with Crippen molar-refractivity contribution < 1.29 is 15.3 Å². The van der Waals surface area contributed by atoms with Gasteiger partial charge < -0.3 is 15.3 Å². The molecule has 0 saturated heterocycles. The minimum Gasteiger partial charge on any atom is -0.392 e. The van der Waals surface area contributed by atoms with Gasteiger partial charge in [0, 0.05) is 18.0 Å². The first kappa shape index (κ1) is 20.7. The maximum atomic E-state index is 9.29. The summed E-state index contributed by atoms with van der Waals surface area (Å²) in [6, 6.07) is 5.27. The second-order valence-corrected chi connectivity index (χ2v) is 5.40. The molecule has 0 radical (unpaired) electrons. The fraction of sp³-hybridized carbons (Fsp3) is 0.300. The molecule has 0 aliphatic rings. The lowest BCUT2D eigenvalue weighted by Gasteiger charge is -2.07. The zero-order chi connectivity index (χ0) is 18.5. The molecule has 5 heteroatoms. The molecule has 3 N–H and O–H groups in total. The van der Waals surface area contributed by atoms with Crippen LogP contribution in [0.5, 0.6) is 0 Å². The molecular formula is C20H26N2O3. The van der Waals surface area contributed by atoms with E-state index in [2.05, 4.69) is 23.1 Å². The van der Waals surface area contributed by atoms with Crippen molar-refractivity contribution in [3.8, 4) is 0 Å². The van der Waals surface area contributed by atoms with Gasteiger partial charge in [0.2, 0.25) is 0 Å². The standard InChI is InChI=1S/C20H26N2O3/c1-3-8-17(4-2)20-18(10-5-6-11-19(24)25)21-14-12-16(15-23)9-7-13-22-20/h3-4,7-9,12-14,19,23-25H,1-2,5-6,10-11,15H2/b9-7?,13-7?,14-12?,16-9?,16-12?,17-8+,20-18?,21-14?,21-18?,22-13?,22-20?. The lowest BCUT2D eigenvalue weighted by Crippen LogP contribution is -2.04. The molecule has 0 aromatic carbocycles. The minimum absolute atomic E-state index is 0.0784. The number of nitrogens with zero attached hydrogens (tertiary/aromatic N) is 2. The van der Waals surface area contributed by atoms with Crippen LogP contribution in [0.4, 0.5) is 0 Å². The van der Waals surface area contributed by atoms with Gasteiger partial charge in [0.15, 0.2) is 6.29 Å². The fourth-order valence-electron chi connectivity index (χ4n) is 2.22. The highest BCUT2D eigenvalue weighted by Gasteiger charge is 2.07. The van der Waals surface area contributed by atoms with Gasteiger partial charge in [-0.25, -0.2) is 0 Å². The SMILES string of the molecule is C=C/C=C(\C=C)c1ncccc(CO)ccnc1CCCCC(O)O. The molecule has 1 heterocycles. The molecule has 5 nitrogen and oxygen atoms in total. The van der Waals surface area contributed by atoms with E-state index in [1.165, 1.54) is 0 Å². The maximum absolute atomic E-state index is 9.29. The number of allylic oxidation sites excluding steroid dienone is 4. The molecule has 25 heavy (non-hydrogen) atoms. The number of hydrogen-bond acceptors (Lipinski definition) is 5. The summed E-state index contributed by atoms with van der Waals surface area (Å²) in [5, 5.41) is 27.2. The first-order chi connectivity index (χ1) is 12.1. The van der Waals surface area contributed by atoms with Crippen molar-refractivity contribution in [2.24, 2.45) is 0 Å². The van der Waals surface area contributed by atoms with Crippen LogP contribution in [0.25, 0.3) is 5.57 Å². The molecule has 0 aliphatic heterocycles. The molecule has 1 aromatic rings. The van der Waals surface area contributed by atoms with Crippen molar-refractivity contribution in [1.29, 1.82) is 0 Å². The highest BCUT2D eigenvalue weighted by molar-refractivity contribution is 5.73. The Labute approximate surface area is 149 Å². The Balaban J connectivity index is 3.30. The molecule has 0 amide bonds. The Hall–Kier alpha value is -2.34. The van der Waals surface area contributed by atoms with E-state index in [1.54, 1.807) is 42.7 Å². The predicted molar refractivity (Wildman–Crippen MR) is 99.7 cm³/mol. The lowest BCUT2D eigenvalue weighted by atomic mass is 10.0. The summed E-state index contributed by atoms with van der Waals surface area (Å²) in [5.41, 5.74) is 3.00. The van der Waals surface area contributed by atoms with Gasteiger partial charge in [-0.05, 0) is 43.4 Å². The number of hydrogen-bond donors (Lipinski definition) is 3. The Morgan fingerprint density at radius 2 is 1.92 bits per heavy atom. The van der Waals surface area contributed by atoms with Gasteiger partial charge in [-0.1, -0.05) is 37.5 Å². The van der Waals surface area contributed by atoms with E-state index in [9.17, 15) is 5.11 Å². The normalized spacial score (nSPS) is 11.1. The van der Waals surface area contributed by atoms with E-state index in [-0.39, 0.29) is 6.61 Å². The van der Waals surface area contributed by atoms with E-state index in [0.717, 1.165) is 23.3 Å². The van der Waals surface area contributed by atoms with Crippen molar-refractivity contribution in [3.63, 3.8) is 0 Å². The van der Waals surface area contributed by atoms with Gasteiger partial charge in [0.05, 0.1) is 18.0 Å². The first-order valence-corrected chi connectivity index (χ1v) is 8.22.